The first-order valence-corrected chi connectivity index (χ1v) is 6.87. The standard InChI is InChI=1S/C17H16ClN3/c1-13(18)12-20-17(15-10-6-3-7-11-15)21-16(19)14-8-4-2-5-9-14/h2-11H,1,12H2,(H2,19,20,21). The van der Waals surface area contributed by atoms with Crippen molar-refractivity contribution in [3.8, 4) is 0 Å². The first kappa shape index (κ1) is 15.0. The second kappa shape index (κ2) is 7.41. The summed E-state index contributed by atoms with van der Waals surface area (Å²) in [6.45, 7) is 3.94. The van der Waals surface area contributed by atoms with Crippen molar-refractivity contribution in [2.75, 3.05) is 6.54 Å². The Balaban J connectivity index is 2.37. The smallest absolute Gasteiger partial charge is 0.157 e. The number of benzene rings is 2. The predicted octanol–water partition coefficient (Wildman–Crippen LogP) is 3.59. The quantitative estimate of drug-likeness (QED) is 0.680. The molecule has 0 aliphatic rings. The van der Waals surface area contributed by atoms with Crippen molar-refractivity contribution in [3.63, 3.8) is 0 Å². The molecule has 4 heteroatoms. The van der Waals surface area contributed by atoms with Gasteiger partial charge in [-0.1, -0.05) is 78.8 Å². The molecule has 3 nitrogen and oxygen atoms in total. The second-order valence-corrected chi connectivity index (χ2v) is 4.92. The van der Waals surface area contributed by atoms with Gasteiger partial charge in [-0.25, -0.2) is 4.99 Å². The number of rotatable bonds is 4. The Morgan fingerprint density at radius 2 is 1.48 bits per heavy atom. The lowest BCUT2D eigenvalue weighted by atomic mass is 10.2. The van der Waals surface area contributed by atoms with Gasteiger partial charge < -0.3 is 5.73 Å². The van der Waals surface area contributed by atoms with Crippen LogP contribution in [-0.2, 0) is 0 Å². The van der Waals surface area contributed by atoms with E-state index in [1.54, 1.807) is 0 Å². The summed E-state index contributed by atoms with van der Waals surface area (Å²) < 4.78 is 0. The fourth-order valence-electron chi connectivity index (χ4n) is 1.73. The van der Waals surface area contributed by atoms with Gasteiger partial charge in [-0.15, -0.1) is 0 Å². The summed E-state index contributed by atoms with van der Waals surface area (Å²) in [7, 11) is 0. The SMILES string of the molecule is C=C(Cl)CN=C(N=C(N)c1ccccc1)c1ccccc1. The molecule has 0 amide bonds. The van der Waals surface area contributed by atoms with Crippen LogP contribution in [0.3, 0.4) is 0 Å². The van der Waals surface area contributed by atoms with Crippen molar-refractivity contribution in [2.24, 2.45) is 15.7 Å². The summed E-state index contributed by atoms with van der Waals surface area (Å²) in [4.78, 5) is 8.81. The van der Waals surface area contributed by atoms with Crippen LogP contribution >= 0.6 is 11.6 Å². The van der Waals surface area contributed by atoms with Crippen LogP contribution < -0.4 is 5.73 Å². The zero-order chi connectivity index (χ0) is 15.1. The maximum Gasteiger partial charge on any atom is 0.157 e. The van der Waals surface area contributed by atoms with Gasteiger partial charge in [-0.2, -0.15) is 0 Å². The highest BCUT2D eigenvalue weighted by Gasteiger charge is 2.04. The van der Waals surface area contributed by atoms with Gasteiger partial charge in [0, 0.05) is 16.2 Å². The first-order chi connectivity index (χ1) is 10.2. The minimum Gasteiger partial charge on any atom is -0.383 e. The van der Waals surface area contributed by atoms with Crippen molar-refractivity contribution >= 4 is 23.3 Å². The van der Waals surface area contributed by atoms with E-state index in [2.05, 4.69) is 16.6 Å². The monoisotopic (exact) mass is 297 g/mol. The highest BCUT2D eigenvalue weighted by Crippen LogP contribution is 2.07. The third-order valence-corrected chi connectivity index (χ3v) is 2.85. The van der Waals surface area contributed by atoms with E-state index < -0.39 is 0 Å². The van der Waals surface area contributed by atoms with E-state index in [0.717, 1.165) is 11.1 Å². The van der Waals surface area contributed by atoms with Crippen LogP contribution in [-0.4, -0.2) is 18.2 Å². The van der Waals surface area contributed by atoms with Crippen molar-refractivity contribution in [1.29, 1.82) is 0 Å². The van der Waals surface area contributed by atoms with E-state index in [4.69, 9.17) is 17.3 Å². The summed E-state index contributed by atoms with van der Waals surface area (Å²) in [6, 6.07) is 19.2. The summed E-state index contributed by atoms with van der Waals surface area (Å²) in [5.74, 6) is 0.956. The van der Waals surface area contributed by atoms with E-state index in [1.165, 1.54) is 0 Å². The molecule has 2 aromatic rings. The molecule has 0 atom stereocenters. The van der Waals surface area contributed by atoms with Gasteiger partial charge in [0.25, 0.3) is 0 Å². The van der Waals surface area contributed by atoms with Gasteiger partial charge in [0.05, 0.1) is 6.54 Å². The summed E-state index contributed by atoms with van der Waals surface area (Å²) in [5, 5.41) is 0.455. The molecule has 0 saturated heterocycles. The molecule has 2 rings (SSSR count). The summed E-state index contributed by atoms with van der Waals surface area (Å²) in [6.07, 6.45) is 0. The Hall–Kier alpha value is -2.39. The van der Waals surface area contributed by atoms with Gasteiger partial charge in [0.1, 0.15) is 5.84 Å². The van der Waals surface area contributed by atoms with Crippen molar-refractivity contribution in [3.05, 3.63) is 83.4 Å². The molecule has 0 aliphatic heterocycles. The number of nitrogens with two attached hydrogens (primary N) is 1. The highest BCUT2D eigenvalue weighted by molar-refractivity contribution is 6.29. The Bertz CT molecular complexity index is 661. The third-order valence-electron chi connectivity index (χ3n) is 2.73. The lowest BCUT2D eigenvalue weighted by Crippen LogP contribution is -2.16. The molecule has 0 saturated carbocycles. The first-order valence-electron chi connectivity index (χ1n) is 6.49. The van der Waals surface area contributed by atoms with Crippen LogP contribution in [0.5, 0.6) is 0 Å². The lowest BCUT2D eigenvalue weighted by molar-refractivity contribution is 1.21. The van der Waals surface area contributed by atoms with Crippen LogP contribution in [0.4, 0.5) is 0 Å². The van der Waals surface area contributed by atoms with Gasteiger partial charge in [0.15, 0.2) is 5.84 Å². The molecule has 2 aromatic carbocycles. The summed E-state index contributed by atoms with van der Waals surface area (Å²) >= 11 is 5.78. The molecule has 21 heavy (non-hydrogen) atoms. The fraction of sp³-hybridized carbons (Fsp3) is 0.0588. The molecule has 106 valence electrons. The molecule has 0 aromatic heterocycles. The Morgan fingerprint density at radius 1 is 0.952 bits per heavy atom. The molecule has 0 fully saturated rings. The molecule has 0 heterocycles. The normalized spacial score (nSPS) is 12.2. The topological polar surface area (TPSA) is 50.7 Å². The highest BCUT2D eigenvalue weighted by atomic mass is 35.5. The molecule has 0 bridgehead atoms. The third kappa shape index (κ3) is 4.58. The summed E-state index contributed by atoms with van der Waals surface area (Å²) in [5.41, 5.74) is 7.79. The lowest BCUT2D eigenvalue weighted by Gasteiger charge is -2.05. The van der Waals surface area contributed by atoms with E-state index in [9.17, 15) is 0 Å². The van der Waals surface area contributed by atoms with Crippen molar-refractivity contribution < 1.29 is 0 Å². The average Bonchev–Trinajstić information content (AvgIpc) is 2.52. The van der Waals surface area contributed by atoms with Gasteiger partial charge >= 0.3 is 0 Å². The van der Waals surface area contributed by atoms with Crippen LogP contribution in [0, 0.1) is 0 Å². The van der Waals surface area contributed by atoms with Crippen LogP contribution in [0.2, 0.25) is 0 Å². The molecular weight excluding hydrogens is 282 g/mol. The van der Waals surface area contributed by atoms with E-state index in [0.29, 0.717) is 23.2 Å². The number of halogens is 1. The number of aliphatic imine (C=N–C) groups is 2. The van der Waals surface area contributed by atoms with Gasteiger partial charge in [-0.05, 0) is 0 Å². The van der Waals surface area contributed by atoms with E-state index in [1.807, 2.05) is 60.7 Å². The Morgan fingerprint density at radius 3 is 2.00 bits per heavy atom. The fourth-order valence-corrected chi connectivity index (χ4v) is 1.79. The molecule has 0 radical (unpaired) electrons. The van der Waals surface area contributed by atoms with E-state index in [-0.39, 0.29) is 0 Å². The zero-order valence-corrected chi connectivity index (χ0v) is 12.3. The van der Waals surface area contributed by atoms with Crippen LogP contribution in [0.1, 0.15) is 11.1 Å². The number of hydrogen-bond acceptors (Lipinski definition) is 1. The number of hydrogen-bond donors (Lipinski definition) is 1. The molecular formula is C17H16ClN3. The minimum absolute atomic E-state index is 0.303. The molecule has 2 N–H and O–H groups in total. The minimum atomic E-state index is 0.303. The number of amidine groups is 2. The maximum absolute atomic E-state index is 6.05. The van der Waals surface area contributed by atoms with E-state index >= 15 is 0 Å². The van der Waals surface area contributed by atoms with Crippen molar-refractivity contribution in [2.45, 2.75) is 0 Å². The Labute approximate surface area is 129 Å². The maximum atomic E-state index is 6.05. The van der Waals surface area contributed by atoms with Crippen molar-refractivity contribution in [1.82, 2.24) is 0 Å². The predicted molar refractivity (Wildman–Crippen MR) is 90.0 cm³/mol. The van der Waals surface area contributed by atoms with Gasteiger partial charge in [0.2, 0.25) is 0 Å². The second-order valence-electron chi connectivity index (χ2n) is 4.39. The number of nitrogens with zero attached hydrogens (tertiary/aromatic N) is 2. The zero-order valence-electron chi connectivity index (χ0n) is 11.5. The van der Waals surface area contributed by atoms with Crippen LogP contribution in [0.25, 0.3) is 0 Å². The average molecular weight is 298 g/mol. The van der Waals surface area contributed by atoms with Gasteiger partial charge in [-0.3, -0.25) is 4.99 Å². The Kier molecular flexibility index (Phi) is 5.29. The molecule has 0 aliphatic carbocycles. The molecule has 0 spiro atoms. The largest absolute Gasteiger partial charge is 0.383 e. The van der Waals surface area contributed by atoms with Crippen LogP contribution in [0.15, 0.2) is 82.3 Å². The molecule has 0 unspecified atom stereocenters.